The van der Waals surface area contributed by atoms with Crippen molar-refractivity contribution >= 4 is 0 Å². The number of hydrogen-bond donors (Lipinski definition) is 0. The van der Waals surface area contributed by atoms with Crippen LogP contribution in [0.25, 0.3) is 5.69 Å². The Morgan fingerprint density at radius 3 is 2.73 bits per heavy atom. The Kier molecular flexibility index (Phi) is 2.26. The maximum Gasteiger partial charge on any atom is 0.102 e. The summed E-state index contributed by atoms with van der Waals surface area (Å²) in [6.07, 6.45) is 3.55. The van der Waals surface area contributed by atoms with Crippen LogP contribution >= 0.6 is 0 Å². The molecule has 2 rings (SSSR count). The Morgan fingerprint density at radius 1 is 1.33 bits per heavy atom. The molecule has 0 saturated carbocycles. The lowest BCUT2D eigenvalue weighted by Crippen LogP contribution is -2.00. The lowest BCUT2D eigenvalue weighted by atomic mass is 10.0. The normalized spacial score (nSPS) is 9.93. The molecule has 0 radical (unpaired) electrons. The van der Waals surface area contributed by atoms with E-state index in [9.17, 15) is 0 Å². The molecule has 3 heteroatoms. The van der Waals surface area contributed by atoms with E-state index in [0.29, 0.717) is 5.56 Å². The Bertz CT molecular complexity index is 519. The highest BCUT2D eigenvalue weighted by Gasteiger charge is 2.08. The number of aryl methyl sites for hydroxylation is 2. The molecule has 15 heavy (non-hydrogen) atoms. The first-order valence-corrected chi connectivity index (χ1v) is 4.73. The lowest BCUT2D eigenvalue weighted by Gasteiger charge is -2.08. The summed E-state index contributed by atoms with van der Waals surface area (Å²) < 4.78 is 1.72. The Morgan fingerprint density at radius 2 is 2.13 bits per heavy atom. The zero-order valence-corrected chi connectivity index (χ0v) is 8.73. The summed E-state index contributed by atoms with van der Waals surface area (Å²) >= 11 is 0. The quantitative estimate of drug-likeness (QED) is 0.704. The van der Waals surface area contributed by atoms with Gasteiger partial charge in [-0.3, -0.25) is 0 Å². The van der Waals surface area contributed by atoms with Gasteiger partial charge in [-0.2, -0.15) is 10.4 Å². The molecular weight excluding hydrogens is 186 g/mol. The van der Waals surface area contributed by atoms with Crippen molar-refractivity contribution in [1.29, 1.82) is 5.26 Å². The number of nitriles is 1. The van der Waals surface area contributed by atoms with Crippen molar-refractivity contribution in [2.75, 3.05) is 0 Å². The molecule has 0 aliphatic carbocycles. The molecule has 1 aromatic heterocycles. The summed E-state index contributed by atoms with van der Waals surface area (Å²) in [6, 6.07) is 8.04. The first-order valence-electron chi connectivity index (χ1n) is 4.73. The van der Waals surface area contributed by atoms with Gasteiger partial charge in [0.1, 0.15) is 6.07 Å². The number of benzene rings is 1. The van der Waals surface area contributed by atoms with Gasteiger partial charge in [0.2, 0.25) is 0 Å². The molecule has 0 unspecified atom stereocenters. The minimum atomic E-state index is 0.685. The molecule has 0 atom stereocenters. The molecule has 0 N–H and O–H groups in total. The van der Waals surface area contributed by atoms with Crippen LogP contribution in [0.2, 0.25) is 0 Å². The summed E-state index contributed by atoms with van der Waals surface area (Å²) in [4.78, 5) is 0. The largest absolute Gasteiger partial charge is 0.240 e. The molecule has 3 nitrogen and oxygen atoms in total. The van der Waals surface area contributed by atoms with Crippen molar-refractivity contribution in [2.45, 2.75) is 13.8 Å². The number of rotatable bonds is 1. The molecule has 0 fully saturated rings. The molecule has 0 aliphatic rings. The van der Waals surface area contributed by atoms with Gasteiger partial charge in [0, 0.05) is 12.4 Å². The van der Waals surface area contributed by atoms with Gasteiger partial charge in [-0.15, -0.1) is 0 Å². The van der Waals surface area contributed by atoms with Gasteiger partial charge in [-0.25, -0.2) is 4.68 Å². The van der Waals surface area contributed by atoms with Gasteiger partial charge in [0.25, 0.3) is 0 Å². The average Bonchev–Trinajstić information content (AvgIpc) is 2.69. The standard InChI is InChI=1S/C12H11N3/c1-9-6-10(2)11(8-13)12(7-9)15-5-3-4-14-15/h3-7H,1-2H3. The molecule has 1 aromatic carbocycles. The first-order chi connectivity index (χ1) is 7.22. The van der Waals surface area contributed by atoms with E-state index in [1.807, 2.05) is 38.2 Å². The first kappa shape index (κ1) is 9.47. The van der Waals surface area contributed by atoms with Crippen LogP contribution in [-0.2, 0) is 0 Å². The molecule has 0 amide bonds. The zero-order valence-electron chi connectivity index (χ0n) is 8.73. The molecule has 74 valence electrons. The van der Waals surface area contributed by atoms with Gasteiger partial charge in [-0.05, 0) is 37.1 Å². The van der Waals surface area contributed by atoms with Crippen LogP contribution in [0.3, 0.4) is 0 Å². The molecule has 0 aliphatic heterocycles. The highest BCUT2D eigenvalue weighted by Crippen LogP contribution is 2.19. The smallest absolute Gasteiger partial charge is 0.102 e. The van der Waals surface area contributed by atoms with Crippen LogP contribution < -0.4 is 0 Å². The van der Waals surface area contributed by atoms with E-state index < -0.39 is 0 Å². The molecule has 2 aromatic rings. The maximum atomic E-state index is 9.10. The fourth-order valence-corrected chi connectivity index (χ4v) is 1.68. The maximum absolute atomic E-state index is 9.10. The fourth-order valence-electron chi connectivity index (χ4n) is 1.68. The third kappa shape index (κ3) is 1.62. The summed E-state index contributed by atoms with van der Waals surface area (Å²) in [5.41, 5.74) is 3.66. The van der Waals surface area contributed by atoms with Crippen molar-refractivity contribution in [3.8, 4) is 11.8 Å². The van der Waals surface area contributed by atoms with Gasteiger partial charge >= 0.3 is 0 Å². The van der Waals surface area contributed by atoms with Gasteiger partial charge < -0.3 is 0 Å². The van der Waals surface area contributed by atoms with Gasteiger partial charge in [0.05, 0.1) is 11.3 Å². The van der Waals surface area contributed by atoms with E-state index >= 15 is 0 Å². The predicted molar refractivity (Wildman–Crippen MR) is 57.8 cm³/mol. The molecule has 0 saturated heterocycles. The van der Waals surface area contributed by atoms with Crippen LogP contribution in [-0.4, -0.2) is 9.78 Å². The Hall–Kier alpha value is -2.08. The molecule has 0 spiro atoms. The van der Waals surface area contributed by atoms with Crippen LogP contribution in [0.15, 0.2) is 30.6 Å². The molecule has 0 bridgehead atoms. The van der Waals surface area contributed by atoms with Crippen molar-refractivity contribution in [3.05, 3.63) is 47.3 Å². The van der Waals surface area contributed by atoms with E-state index in [0.717, 1.165) is 16.8 Å². The van der Waals surface area contributed by atoms with Crippen LogP contribution in [0.5, 0.6) is 0 Å². The van der Waals surface area contributed by atoms with E-state index in [4.69, 9.17) is 5.26 Å². The third-order valence-electron chi connectivity index (χ3n) is 2.32. The second-order valence-corrected chi connectivity index (χ2v) is 3.54. The lowest BCUT2D eigenvalue weighted by molar-refractivity contribution is 0.874. The molecule has 1 heterocycles. The number of aromatic nitrogens is 2. The summed E-state index contributed by atoms with van der Waals surface area (Å²) in [6.45, 7) is 3.96. The van der Waals surface area contributed by atoms with Crippen LogP contribution in [0, 0.1) is 25.2 Å². The SMILES string of the molecule is Cc1cc(C)c(C#N)c(-n2cccn2)c1. The van der Waals surface area contributed by atoms with E-state index in [1.54, 1.807) is 10.9 Å². The second-order valence-electron chi connectivity index (χ2n) is 3.54. The van der Waals surface area contributed by atoms with Crippen molar-refractivity contribution in [1.82, 2.24) is 9.78 Å². The minimum Gasteiger partial charge on any atom is -0.240 e. The monoisotopic (exact) mass is 197 g/mol. The second kappa shape index (κ2) is 3.58. The summed E-state index contributed by atoms with van der Waals surface area (Å²) in [7, 11) is 0. The minimum absolute atomic E-state index is 0.685. The zero-order chi connectivity index (χ0) is 10.8. The van der Waals surface area contributed by atoms with E-state index in [1.165, 1.54) is 0 Å². The third-order valence-corrected chi connectivity index (χ3v) is 2.32. The predicted octanol–water partition coefficient (Wildman–Crippen LogP) is 2.36. The summed E-state index contributed by atoms with van der Waals surface area (Å²) in [5, 5.41) is 13.2. The highest BCUT2D eigenvalue weighted by atomic mass is 15.3. The van der Waals surface area contributed by atoms with Crippen molar-refractivity contribution < 1.29 is 0 Å². The van der Waals surface area contributed by atoms with E-state index in [-0.39, 0.29) is 0 Å². The van der Waals surface area contributed by atoms with Crippen LogP contribution in [0.1, 0.15) is 16.7 Å². The average molecular weight is 197 g/mol. The van der Waals surface area contributed by atoms with E-state index in [2.05, 4.69) is 11.2 Å². The number of hydrogen-bond acceptors (Lipinski definition) is 2. The topological polar surface area (TPSA) is 41.6 Å². The molecular formula is C12H11N3. The van der Waals surface area contributed by atoms with Gasteiger partial charge in [-0.1, -0.05) is 6.07 Å². The Labute approximate surface area is 88.6 Å². The van der Waals surface area contributed by atoms with Crippen LogP contribution in [0.4, 0.5) is 0 Å². The van der Waals surface area contributed by atoms with Gasteiger partial charge in [0.15, 0.2) is 0 Å². The Balaban J connectivity index is 2.71. The van der Waals surface area contributed by atoms with Crippen molar-refractivity contribution in [2.24, 2.45) is 0 Å². The number of nitrogens with zero attached hydrogens (tertiary/aromatic N) is 3. The summed E-state index contributed by atoms with van der Waals surface area (Å²) in [5.74, 6) is 0. The van der Waals surface area contributed by atoms with Crippen molar-refractivity contribution in [3.63, 3.8) is 0 Å². The fraction of sp³-hybridized carbons (Fsp3) is 0.167. The highest BCUT2D eigenvalue weighted by molar-refractivity contribution is 5.54.